The van der Waals surface area contributed by atoms with Gasteiger partial charge in [0.05, 0.1) is 0 Å². The summed E-state index contributed by atoms with van der Waals surface area (Å²) in [5.41, 5.74) is 3.22. The molecule has 0 spiro atoms. The fourth-order valence-corrected chi connectivity index (χ4v) is 2.81. The first-order valence-corrected chi connectivity index (χ1v) is 7.37. The van der Waals surface area contributed by atoms with Crippen LogP contribution in [0.2, 0.25) is 0 Å². The maximum absolute atomic E-state index is 13.7. The van der Waals surface area contributed by atoms with Gasteiger partial charge in [0.15, 0.2) is 0 Å². The molecule has 2 nitrogen and oxygen atoms in total. The van der Waals surface area contributed by atoms with Crippen molar-refractivity contribution in [3.05, 3.63) is 65.0 Å². The second kappa shape index (κ2) is 5.86. The monoisotopic (exact) mass is 285 g/mol. The molecule has 1 N–H and O–H groups in total. The molecule has 3 rings (SSSR count). The van der Waals surface area contributed by atoms with E-state index in [1.54, 1.807) is 6.07 Å². The highest BCUT2D eigenvalue weighted by molar-refractivity contribution is 5.40. The van der Waals surface area contributed by atoms with E-state index in [4.69, 9.17) is 4.74 Å². The van der Waals surface area contributed by atoms with Gasteiger partial charge >= 0.3 is 0 Å². The topological polar surface area (TPSA) is 21.3 Å². The molecule has 0 radical (unpaired) electrons. The van der Waals surface area contributed by atoms with Crippen molar-refractivity contribution in [3.63, 3.8) is 0 Å². The van der Waals surface area contributed by atoms with Gasteiger partial charge in [0, 0.05) is 24.6 Å². The summed E-state index contributed by atoms with van der Waals surface area (Å²) in [5.74, 6) is 0.815. The van der Waals surface area contributed by atoms with Gasteiger partial charge in [-0.1, -0.05) is 35.9 Å². The van der Waals surface area contributed by atoms with Crippen molar-refractivity contribution in [2.75, 3.05) is 6.54 Å². The molecule has 2 atom stereocenters. The zero-order chi connectivity index (χ0) is 14.8. The fraction of sp³-hybridized carbons (Fsp3) is 0.333. The number of ether oxygens (including phenoxy) is 1. The second-order valence-corrected chi connectivity index (χ2v) is 5.71. The first-order chi connectivity index (χ1) is 10.1. The van der Waals surface area contributed by atoms with Gasteiger partial charge in [0.25, 0.3) is 0 Å². The fourth-order valence-electron chi connectivity index (χ4n) is 2.81. The lowest BCUT2D eigenvalue weighted by Crippen LogP contribution is -2.32. The highest BCUT2D eigenvalue weighted by Crippen LogP contribution is 2.29. The molecule has 2 aromatic rings. The lowest BCUT2D eigenvalue weighted by Gasteiger charge is -2.18. The van der Waals surface area contributed by atoms with Crippen molar-refractivity contribution in [3.8, 4) is 5.75 Å². The van der Waals surface area contributed by atoms with Gasteiger partial charge in [0.2, 0.25) is 0 Å². The molecular formula is C18H20FNO. The van der Waals surface area contributed by atoms with Crippen LogP contribution in [0.3, 0.4) is 0 Å². The maximum atomic E-state index is 13.7. The molecule has 110 valence electrons. The van der Waals surface area contributed by atoms with Crippen LogP contribution in [0, 0.1) is 12.7 Å². The molecule has 1 aliphatic rings. The van der Waals surface area contributed by atoms with E-state index in [9.17, 15) is 4.39 Å². The maximum Gasteiger partial charge on any atom is 0.127 e. The largest absolute Gasteiger partial charge is 0.488 e. The molecule has 0 fully saturated rings. The summed E-state index contributed by atoms with van der Waals surface area (Å²) in [6, 6.07) is 13.1. The first kappa shape index (κ1) is 14.1. The van der Waals surface area contributed by atoms with Crippen LogP contribution >= 0.6 is 0 Å². The number of rotatable bonds is 4. The van der Waals surface area contributed by atoms with Crippen LogP contribution in [0.5, 0.6) is 5.75 Å². The van der Waals surface area contributed by atoms with Gasteiger partial charge in [-0.05, 0) is 31.5 Å². The minimum absolute atomic E-state index is 0.0275. The van der Waals surface area contributed by atoms with Crippen molar-refractivity contribution in [1.29, 1.82) is 0 Å². The smallest absolute Gasteiger partial charge is 0.127 e. The highest BCUT2D eigenvalue weighted by atomic mass is 19.1. The molecule has 0 aliphatic carbocycles. The summed E-state index contributed by atoms with van der Waals surface area (Å²) >= 11 is 0. The number of hydrogen-bond acceptors (Lipinski definition) is 2. The average molecular weight is 285 g/mol. The van der Waals surface area contributed by atoms with E-state index < -0.39 is 0 Å². The molecule has 3 heteroatoms. The number of hydrogen-bond donors (Lipinski definition) is 1. The molecule has 1 heterocycles. The van der Waals surface area contributed by atoms with E-state index in [0.717, 1.165) is 12.2 Å². The summed E-state index contributed by atoms with van der Waals surface area (Å²) in [7, 11) is 0. The Morgan fingerprint density at radius 3 is 2.90 bits per heavy atom. The molecule has 21 heavy (non-hydrogen) atoms. The molecule has 0 bridgehead atoms. The first-order valence-electron chi connectivity index (χ1n) is 7.37. The Morgan fingerprint density at radius 1 is 1.29 bits per heavy atom. The Hall–Kier alpha value is -1.87. The van der Waals surface area contributed by atoms with Crippen LogP contribution in [-0.4, -0.2) is 12.6 Å². The van der Waals surface area contributed by atoms with Crippen molar-refractivity contribution >= 4 is 0 Å². The number of aryl methyl sites for hydroxylation is 1. The van der Waals surface area contributed by atoms with E-state index >= 15 is 0 Å². The van der Waals surface area contributed by atoms with E-state index in [2.05, 4.69) is 24.4 Å². The third-order valence-electron chi connectivity index (χ3n) is 3.98. The minimum Gasteiger partial charge on any atom is -0.488 e. The molecule has 0 amide bonds. The molecule has 0 aromatic heterocycles. The molecule has 0 saturated heterocycles. The SMILES string of the molecule is Cc1ccc2c(c1)CC(CNC(C)c1ccccc1F)O2. The van der Waals surface area contributed by atoms with Crippen LogP contribution in [0.1, 0.15) is 29.7 Å². The van der Waals surface area contributed by atoms with E-state index in [1.807, 2.05) is 25.1 Å². The Kier molecular flexibility index (Phi) is 3.93. The zero-order valence-corrected chi connectivity index (χ0v) is 12.4. The van der Waals surface area contributed by atoms with Gasteiger partial charge in [-0.15, -0.1) is 0 Å². The van der Waals surface area contributed by atoms with Gasteiger partial charge < -0.3 is 10.1 Å². The van der Waals surface area contributed by atoms with Gasteiger partial charge in [0.1, 0.15) is 17.7 Å². The molecular weight excluding hydrogens is 265 g/mol. The predicted molar refractivity (Wildman–Crippen MR) is 82.1 cm³/mol. The third-order valence-corrected chi connectivity index (χ3v) is 3.98. The van der Waals surface area contributed by atoms with Crippen LogP contribution < -0.4 is 10.1 Å². The van der Waals surface area contributed by atoms with Crippen LogP contribution in [-0.2, 0) is 6.42 Å². The van der Waals surface area contributed by atoms with E-state index in [-0.39, 0.29) is 18.0 Å². The van der Waals surface area contributed by atoms with Gasteiger partial charge in [-0.2, -0.15) is 0 Å². The average Bonchev–Trinajstić information content (AvgIpc) is 2.87. The van der Waals surface area contributed by atoms with Crippen molar-refractivity contribution in [2.24, 2.45) is 0 Å². The van der Waals surface area contributed by atoms with E-state index in [0.29, 0.717) is 12.1 Å². The van der Waals surface area contributed by atoms with Crippen molar-refractivity contribution < 1.29 is 9.13 Å². The summed E-state index contributed by atoms with van der Waals surface area (Å²) in [4.78, 5) is 0. The van der Waals surface area contributed by atoms with Crippen LogP contribution in [0.4, 0.5) is 4.39 Å². The quantitative estimate of drug-likeness (QED) is 0.923. The molecule has 1 aliphatic heterocycles. The molecule has 0 saturated carbocycles. The van der Waals surface area contributed by atoms with Gasteiger partial charge in [-0.3, -0.25) is 0 Å². The zero-order valence-electron chi connectivity index (χ0n) is 12.4. The number of nitrogens with one attached hydrogen (secondary N) is 1. The summed E-state index contributed by atoms with van der Waals surface area (Å²) in [6.07, 6.45) is 1.03. The second-order valence-electron chi connectivity index (χ2n) is 5.71. The summed E-state index contributed by atoms with van der Waals surface area (Å²) in [6.45, 7) is 4.78. The number of fused-ring (bicyclic) bond motifs is 1. The van der Waals surface area contributed by atoms with Crippen molar-refractivity contribution in [1.82, 2.24) is 5.32 Å². The minimum atomic E-state index is -0.163. The Balaban J connectivity index is 1.59. The van der Waals surface area contributed by atoms with E-state index in [1.165, 1.54) is 17.2 Å². The molecule has 2 aromatic carbocycles. The lowest BCUT2D eigenvalue weighted by atomic mass is 10.1. The standard InChI is InChI=1S/C18H20FNO/c1-12-7-8-18-14(9-12)10-15(21-18)11-20-13(2)16-5-3-4-6-17(16)19/h3-9,13,15,20H,10-11H2,1-2H3. The Bertz CT molecular complexity index is 641. The molecule has 2 unspecified atom stereocenters. The Labute approximate surface area is 125 Å². The number of benzene rings is 2. The highest BCUT2D eigenvalue weighted by Gasteiger charge is 2.23. The number of halogens is 1. The van der Waals surface area contributed by atoms with Crippen LogP contribution in [0.25, 0.3) is 0 Å². The summed E-state index contributed by atoms with van der Waals surface area (Å²) < 4.78 is 19.7. The van der Waals surface area contributed by atoms with Gasteiger partial charge in [-0.25, -0.2) is 4.39 Å². The third kappa shape index (κ3) is 3.08. The van der Waals surface area contributed by atoms with Crippen molar-refractivity contribution in [2.45, 2.75) is 32.4 Å². The summed E-state index contributed by atoms with van der Waals surface area (Å²) in [5, 5.41) is 3.37. The predicted octanol–water partition coefficient (Wildman–Crippen LogP) is 3.79. The normalized spacial score (nSPS) is 18.1. The lowest BCUT2D eigenvalue weighted by molar-refractivity contribution is 0.222. The van der Waals surface area contributed by atoms with Crippen LogP contribution in [0.15, 0.2) is 42.5 Å². The Morgan fingerprint density at radius 2 is 2.10 bits per heavy atom.